The minimum Gasteiger partial charge on any atom is -0.489 e. The van der Waals surface area contributed by atoms with Crippen LogP contribution in [0.2, 0.25) is 0 Å². The predicted octanol–water partition coefficient (Wildman–Crippen LogP) is 3.54. The molecule has 2 aromatic rings. The largest absolute Gasteiger partial charge is 0.489 e. The normalized spacial score (nSPS) is 22.0. The zero-order valence-electron chi connectivity index (χ0n) is 20.0. The number of rotatable bonds is 11. The van der Waals surface area contributed by atoms with Gasteiger partial charge in [0.2, 0.25) is 11.8 Å². The van der Waals surface area contributed by atoms with Gasteiger partial charge in [-0.1, -0.05) is 0 Å². The first-order chi connectivity index (χ1) is 17.3. The van der Waals surface area contributed by atoms with E-state index in [9.17, 15) is 18.4 Å². The maximum absolute atomic E-state index is 13.0. The molecule has 1 atom stereocenters. The molecular formula is C25H30F2N4O5. The van der Waals surface area contributed by atoms with Crippen LogP contribution in [0, 0.1) is 11.8 Å². The van der Waals surface area contributed by atoms with E-state index in [4.69, 9.17) is 14.9 Å². The molecule has 0 spiro atoms. The summed E-state index contributed by atoms with van der Waals surface area (Å²) in [7, 11) is 0. The SMILES string of the molecule is C[C@H](N)c1oc(-c2ccc(OC(F)F)c(OCC3CC3)c2)nc1C(=O)NC1CC(C(=O)NC2CC2)C1. The van der Waals surface area contributed by atoms with Gasteiger partial charge in [0, 0.05) is 23.6 Å². The van der Waals surface area contributed by atoms with Gasteiger partial charge in [-0.3, -0.25) is 9.59 Å². The van der Waals surface area contributed by atoms with Crippen molar-refractivity contribution < 1.29 is 32.3 Å². The lowest BCUT2D eigenvalue weighted by Crippen LogP contribution is -2.50. The third-order valence-electron chi connectivity index (χ3n) is 6.63. The van der Waals surface area contributed by atoms with E-state index < -0.39 is 18.6 Å². The zero-order chi connectivity index (χ0) is 25.4. The van der Waals surface area contributed by atoms with Crippen molar-refractivity contribution in [1.29, 1.82) is 0 Å². The number of amides is 2. The van der Waals surface area contributed by atoms with Crippen molar-refractivity contribution in [3.8, 4) is 23.0 Å². The molecule has 1 aromatic carbocycles. The Morgan fingerprint density at radius 3 is 2.53 bits per heavy atom. The van der Waals surface area contributed by atoms with Crippen LogP contribution in [0.1, 0.15) is 67.7 Å². The summed E-state index contributed by atoms with van der Waals surface area (Å²) in [5.74, 6) is 0.294. The molecule has 3 aliphatic rings. The maximum atomic E-state index is 13.0. The first-order valence-electron chi connectivity index (χ1n) is 12.4. The highest BCUT2D eigenvalue weighted by Gasteiger charge is 2.38. The van der Waals surface area contributed by atoms with E-state index in [-0.39, 0.29) is 46.7 Å². The predicted molar refractivity (Wildman–Crippen MR) is 125 cm³/mol. The van der Waals surface area contributed by atoms with E-state index in [2.05, 4.69) is 20.4 Å². The molecule has 1 heterocycles. The molecule has 0 bridgehead atoms. The Balaban J connectivity index is 1.29. The molecule has 0 saturated heterocycles. The number of aromatic nitrogens is 1. The molecule has 4 N–H and O–H groups in total. The third-order valence-corrected chi connectivity index (χ3v) is 6.63. The van der Waals surface area contributed by atoms with E-state index in [1.807, 2.05) is 0 Å². The second-order valence-electron chi connectivity index (χ2n) is 9.94. The summed E-state index contributed by atoms with van der Waals surface area (Å²) in [6.07, 6.45) is 5.26. The third kappa shape index (κ3) is 5.77. The summed E-state index contributed by atoms with van der Waals surface area (Å²) in [6, 6.07) is 3.94. The van der Waals surface area contributed by atoms with Gasteiger partial charge in [-0.05, 0) is 69.6 Å². The average molecular weight is 505 g/mol. The number of oxazole rings is 1. The van der Waals surface area contributed by atoms with E-state index in [0.717, 1.165) is 25.7 Å². The molecule has 5 rings (SSSR count). The van der Waals surface area contributed by atoms with Crippen molar-refractivity contribution in [2.75, 3.05) is 6.61 Å². The zero-order valence-corrected chi connectivity index (χ0v) is 20.0. The smallest absolute Gasteiger partial charge is 0.387 e. The number of ether oxygens (including phenoxy) is 2. The average Bonchev–Trinajstić information content (AvgIpc) is 3.73. The number of nitrogens with two attached hydrogens (primary N) is 1. The Morgan fingerprint density at radius 2 is 1.89 bits per heavy atom. The summed E-state index contributed by atoms with van der Waals surface area (Å²) in [4.78, 5) is 29.5. The first kappa shape index (κ1) is 24.5. The first-order valence-corrected chi connectivity index (χ1v) is 12.4. The lowest BCUT2D eigenvalue weighted by atomic mass is 9.79. The van der Waals surface area contributed by atoms with Gasteiger partial charge in [0.05, 0.1) is 12.6 Å². The van der Waals surface area contributed by atoms with Gasteiger partial charge in [-0.15, -0.1) is 0 Å². The quantitative estimate of drug-likeness (QED) is 0.427. The second-order valence-corrected chi connectivity index (χ2v) is 9.94. The van der Waals surface area contributed by atoms with Crippen LogP contribution >= 0.6 is 0 Å². The monoisotopic (exact) mass is 504 g/mol. The summed E-state index contributed by atoms with van der Waals surface area (Å²) in [6.45, 7) is -0.923. The summed E-state index contributed by atoms with van der Waals surface area (Å²) < 4.78 is 41.8. The molecule has 0 unspecified atom stereocenters. The van der Waals surface area contributed by atoms with Crippen LogP contribution in [0.4, 0.5) is 8.78 Å². The van der Waals surface area contributed by atoms with E-state index >= 15 is 0 Å². The second kappa shape index (κ2) is 10.0. The van der Waals surface area contributed by atoms with Crippen LogP contribution in [0.25, 0.3) is 11.5 Å². The van der Waals surface area contributed by atoms with E-state index in [1.165, 1.54) is 18.2 Å². The van der Waals surface area contributed by atoms with Crippen molar-refractivity contribution in [3.63, 3.8) is 0 Å². The molecule has 194 valence electrons. The Kier molecular flexibility index (Phi) is 6.83. The minimum atomic E-state index is -2.99. The van der Waals surface area contributed by atoms with Crippen LogP contribution in [0.5, 0.6) is 11.5 Å². The van der Waals surface area contributed by atoms with Crippen LogP contribution < -0.4 is 25.8 Å². The molecule has 36 heavy (non-hydrogen) atoms. The number of hydrogen-bond donors (Lipinski definition) is 3. The topological polar surface area (TPSA) is 129 Å². The van der Waals surface area contributed by atoms with Gasteiger partial charge in [-0.2, -0.15) is 8.78 Å². The Labute approximate surface area is 207 Å². The number of carbonyl (C=O) groups is 2. The molecule has 0 aliphatic heterocycles. The highest BCUT2D eigenvalue weighted by atomic mass is 19.3. The van der Waals surface area contributed by atoms with E-state index in [1.54, 1.807) is 6.92 Å². The minimum absolute atomic E-state index is 0.0435. The molecular weight excluding hydrogens is 474 g/mol. The summed E-state index contributed by atoms with van der Waals surface area (Å²) in [5.41, 5.74) is 6.53. The van der Waals surface area contributed by atoms with Crippen molar-refractivity contribution in [3.05, 3.63) is 29.7 Å². The molecule has 3 aliphatic carbocycles. The van der Waals surface area contributed by atoms with E-state index in [0.29, 0.717) is 37.0 Å². The standard InChI is InChI=1S/C25H30F2N4O5/c1-12(28)21-20(23(33)30-17-8-15(9-17)22(32)29-16-5-6-16)31-24(36-21)14-4-7-18(35-25(26)27)19(10-14)34-11-13-2-3-13/h4,7,10,12-13,15-17,25H,2-3,5-6,8-9,11,28H2,1H3,(H,29,32)(H,30,33)/t12-,15?,17?/m0/s1. The van der Waals surface area contributed by atoms with Gasteiger partial charge < -0.3 is 30.3 Å². The lowest BCUT2D eigenvalue weighted by Gasteiger charge is -2.34. The fourth-order valence-corrected chi connectivity index (χ4v) is 4.12. The Bertz CT molecular complexity index is 1120. The highest BCUT2D eigenvalue weighted by Crippen LogP contribution is 2.37. The van der Waals surface area contributed by atoms with Crippen molar-refractivity contribution in [2.45, 2.75) is 70.2 Å². The number of halogens is 2. The van der Waals surface area contributed by atoms with Crippen molar-refractivity contribution >= 4 is 11.8 Å². The molecule has 1 aromatic heterocycles. The van der Waals surface area contributed by atoms with Crippen molar-refractivity contribution in [1.82, 2.24) is 15.6 Å². The molecule has 0 radical (unpaired) electrons. The fourth-order valence-electron chi connectivity index (χ4n) is 4.12. The number of nitrogens with zero attached hydrogens (tertiary/aromatic N) is 1. The Hall–Kier alpha value is -3.21. The Morgan fingerprint density at radius 1 is 1.14 bits per heavy atom. The van der Waals surface area contributed by atoms with Crippen LogP contribution in [0.3, 0.4) is 0 Å². The molecule has 3 saturated carbocycles. The number of nitrogens with one attached hydrogen (secondary N) is 2. The highest BCUT2D eigenvalue weighted by molar-refractivity contribution is 5.94. The summed E-state index contributed by atoms with van der Waals surface area (Å²) in [5, 5.41) is 5.89. The molecule has 9 nitrogen and oxygen atoms in total. The van der Waals surface area contributed by atoms with Gasteiger partial charge in [0.25, 0.3) is 5.91 Å². The maximum Gasteiger partial charge on any atom is 0.387 e. The summed E-state index contributed by atoms with van der Waals surface area (Å²) >= 11 is 0. The fraction of sp³-hybridized carbons (Fsp3) is 0.560. The molecule has 11 heteroatoms. The van der Waals surface area contributed by atoms with Crippen LogP contribution in [0.15, 0.2) is 22.6 Å². The van der Waals surface area contributed by atoms with Crippen LogP contribution in [-0.2, 0) is 4.79 Å². The van der Waals surface area contributed by atoms with Crippen molar-refractivity contribution in [2.24, 2.45) is 17.6 Å². The number of hydrogen-bond acceptors (Lipinski definition) is 7. The van der Waals surface area contributed by atoms with Crippen LogP contribution in [-0.4, -0.2) is 42.1 Å². The molecule has 2 amide bonds. The molecule has 3 fully saturated rings. The van der Waals surface area contributed by atoms with Gasteiger partial charge in [0.15, 0.2) is 23.0 Å². The van der Waals surface area contributed by atoms with Gasteiger partial charge in [-0.25, -0.2) is 4.98 Å². The number of benzene rings is 1. The van der Waals surface area contributed by atoms with Gasteiger partial charge >= 0.3 is 6.61 Å². The lowest BCUT2D eigenvalue weighted by molar-refractivity contribution is -0.128. The van der Waals surface area contributed by atoms with Gasteiger partial charge in [0.1, 0.15) is 0 Å². The number of carbonyl (C=O) groups excluding carboxylic acids is 2. The number of alkyl halides is 2.